The van der Waals surface area contributed by atoms with Gasteiger partial charge in [0.25, 0.3) is 0 Å². The number of carbonyl (C=O) groups is 1. The summed E-state index contributed by atoms with van der Waals surface area (Å²) in [6, 6.07) is 0.0994. The molecule has 0 spiro atoms. The van der Waals surface area contributed by atoms with Crippen molar-refractivity contribution in [2.45, 2.75) is 26.8 Å². The predicted octanol–water partition coefficient (Wildman–Crippen LogP) is 1.36. The molecular weight excluding hydrogens is 280 g/mol. The minimum Gasteiger partial charge on any atom is -0.352 e. The summed E-state index contributed by atoms with van der Waals surface area (Å²) in [7, 11) is 0. The van der Waals surface area contributed by atoms with Gasteiger partial charge < -0.3 is 15.2 Å². The summed E-state index contributed by atoms with van der Waals surface area (Å²) in [5.41, 5.74) is 1.16. The van der Waals surface area contributed by atoms with Crippen LogP contribution in [0.3, 0.4) is 0 Å². The second-order valence-corrected chi connectivity index (χ2v) is 4.99. The summed E-state index contributed by atoms with van der Waals surface area (Å²) >= 11 is 5.90. The highest BCUT2D eigenvalue weighted by molar-refractivity contribution is 6.28. The molecule has 0 fully saturated rings. The maximum absolute atomic E-state index is 11.9. The van der Waals surface area contributed by atoms with E-state index in [1.165, 1.54) is 6.33 Å². The first-order valence-electron chi connectivity index (χ1n) is 6.42. The van der Waals surface area contributed by atoms with Crippen LogP contribution in [-0.2, 0) is 4.79 Å². The Morgan fingerprint density at radius 2 is 2.25 bits per heavy atom. The fourth-order valence-corrected chi connectivity index (χ4v) is 2.06. The number of imidazole rings is 1. The molecule has 0 saturated heterocycles. The second-order valence-electron chi connectivity index (χ2n) is 4.65. The molecule has 20 heavy (non-hydrogen) atoms. The highest BCUT2D eigenvalue weighted by Crippen LogP contribution is 2.22. The molecule has 0 radical (unpaired) electrons. The number of nitrogens with zero attached hydrogens (tertiary/aromatic N) is 4. The van der Waals surface area contributed by atoms with E-state index in [1.54, 1.807) is 0 Å². The maximum atomic E-state index is 11.9. The number of H-pyrrole nitrogens is 1. The molecule has 0 atom stereocenters. The number of hydrogen-bond donors (Lipinski definition) is 2. The van der Waals surface area contributed by atoms with E-state index in [9.17, 15) is 4.79 Å². The number of carbonyl (C=O) groups excluding carboxylic acids is 1. The Bertz CT molecular complexity index is 611. The van der Waals surface area contributed by atoms with Gasteiger partial charge in [0.15, 0.2) is 11.5 Å². The molecule has 0 bridgehead atoms. The molecule has 108 valence electrons. The SMILES string of the molecule is CCN(CC(=O)NC(C)C)c1nc(Cl)nc2nc[nH]c12. The van der Waals surface area contributed by atoms with Gasteiger partial charge in [-0.2, -0.15) is 9.97 Å². The number of halogens is 1. The molecule has 2 heterocycles. The van der Waals surface area contributed by atoms with E-state index in [0.29, 0.717) is 23.5 Å². The number of hydrogen-bond acceptors (Lipinski definition) is 5. The molecule has 2 aromatic heterocycles. The lowest BCUT2D eigenvalue weighted by Gasteiger charge is -2.22. The lowest BCUT2D eigenvalue weighted by molar-refractivity contribution is -0.120. The molecule has 1 amide bonds. The summed E-state index contributed by atoms with van der Waals surface area (Å²) in [5, 5.41) is 2.96. The van der Waals surface area contributed by atoms with E-state index in [4.69, 9.17) is 11.6 Å². The molecule has 2 aromatic rings. The lowest BCUT2D eigenvalue weighted by atomic mass is 10.3. The van der Waals surface area contributed by atoms with Crippen LogP contribution in [0.15, 0.2) is 6.33 Å². The molecule has 7 nitrogen and oxygen atoms in total. The van der Waals surface area contributed by atoms with Crippen LogP contribution in [0.2, 0.25) is 5.28 Å². The number of fused-ring (bicyclic) bond motifs is 1. The van der Waals surface area contributed by atoms with Crippen molar-refractivity contribution in [1.29, 1.82) is 0 Å². The normalized spacial score (nSPS) is 11.1. The van der Waals surface area contributed by atoms with Gasteiger partial charge in [-0.3, -0.25) is 4.79 Å². The Kier molecular flexibility index (Phi) is 4.39. The van der Waals surface area contributed by atoms with E-state index >= 15 is 0 Å². The van der Waals surface area contributed by atoms with Crippen LogP contribution in [0, 0.1) is 0 Å². The van der Waals surface area contributed by atoms with Crippen molar-refractivity contribution in [3.63, 3.8) is 0 Å². The smallest absolute Gasteiger partial charge is 0.239 e. The third-order valence-corrected chi connectivity index (χ3v) is 2.87. The number of nitrogens with one attached hydrogen (secondary N) is 2. The number of likely N-dealkylation sites (N-methyl/N-ethyl adjacent to an activating group) is 1. The fourth-order valence-electron chi connectivity index (χ4n) is 1.90. The van der Waals surface area contributed by atoms with Crippen molar-refractivity contribution in [3.05, 3.63) is 11.6 Å². The van der Waals surface area contributed by atoms with Gasteiger partial charge in [-0.05, 0) is 32.4 Å². The number of amides is 1. The standard InChI is InChI=1S/C12H17ClN6O/c1-4-19(5-8(20)16-7(2)3)11-9-10(15-6-14-9)17-12(13)18-11/h6-7H,4-5H2,1-3H3,(H,16,20)(H,14,15,17,18). The molecule has 0 aliphatic carbocycles. The monoisotopic (exact) mass is 296 g/mol. The Morgan fingerprint density at radius 3 is 2.90 bits per heavy atom. The van der Waals surface area contributed by atoms with Gasteiger partial charge in [-0.15, -0.1) is 0 Å². The highest BCUT2D eigenvalue weighted by atomic mass is 35.5. The molecule has 2 rings (SSSR count). The zero-order chi connectivity index (χ0) is 14.7. The van der Waals surface area contributed by atoms with Gasteiger partial charge in [0.1, 0.15) is 5.52 Å². The number of aromatic nitrogens is 4. The van der Waals surface area contributed by atoms with Crippen molar-refractivity contribution in [1.82, 2.24) is 25.3 Å². The van der Waals surface area contributed by atoms with Gasteiger partial charge in [-0.1, -0.05) is 0 Å². The Hall–Kier alpha value is -1.89. The van der Waals surface area contributed by atoms with E-state index in [2.05, 4.69) is 25.3 Å². The maximum Gasteiger partial charge on any atom is 0.239 e. The minimum atomic E-state index is -0.0655. The van der Waals surface area contributed by atoms with Gasteiger partial charge >= 0.3 is 0 Å². The average molecular weight is 297 g/mol. The Morgan fingerprint density at radius 1 is 1.50 bits per heavy atom. The van der Waals surface area contributed by atoms with Crippen LogP contribution in [-0.4, -0.2) is 45.0 Å². The molecule has 0 aliphatic heterocycles. The first kappa shape index (κ1) is 14.5. The van der Waals surface area contributed by atoms with Crippen molar-refractivity contribution in [3.8, 4) is 0 Å². The highest BCUT2D eigenvalue weighted by Gasteiger charge is 2.17. The van der Waals surface area contributed by atoms with Crippen LogP contribution in [0.4, 0.5) is 5.82 Å². The zero-order valence-corrected chi connectivity index (χ0v) is 12.4. The summed E-state index contributed by atoms with van der Waals surface area (Å²) in [6.45, 7) is 6.61. The minimum absolute atomic E-state index is 0.0655. The number of anilines is 1. The fraction of sp³-hybridized carbons (Fsp3) is 0.500. The molecular formula is C12H17ClN6O. The van der Waals surface area contributed by atoms with Gasteiger partial charge in [0.05, 0.1) is 12.9 Å². The molecule has 0 aliphatic rings. The van der Waals surface area contributed by atoms with Crippen LogP contribution in [0.5, 0.6) is 0 Å². The molecule has 8 heteroatoms. The molecule has 2 N–H and O–H groups in total. The summed E-state index contributed by atoms with van der Waals surface area (Å²) in [5.74, 6) is 0.517. The quantitative estimate of drug-likeness (QED) is 0.814. The van der Waals surface area contributed by atoms with E-state index in [-0.39, 0.29) is 23.8 Å². The van der Waals surface area contributed by atoms with E-state index in [1.807, 2.05) is 25.7 Å². The zero-order valence-electron chi connectivity index (χ0n) is 11.6. The Labute approximate surface area is 121 Å². The largest absolute Gasteiger partial charge is 0.352 e. The number of aromatic amines is 1. The second kappa shape index (κ2) is 6.04. The average Bonchev–Trinajstić information content (AvgIpc) is 2.82. The van der Waals surface area contributed by atoms with Crippen LogP contribution >= 0.6 is 11.6 Å². The van der Waals surface area contributed by atoms with E-state index < -0.39 is 0 Å². The topological polar surface area (TPSA) is 86.8 Å². The van der Waals surface area contributed by atoms with Gasteiger partial charge in [0.2, 0.25) is 11.2 Å². The first-order chi connectivity index (χ1) is 9.51. The van der Waals surface area contributed by atoms with E-state index in [0.717, 1.165) is 0 Å². The van der Waals surface area contributed by atoms with Crippen LogP contribution < -0.4 is 10.2 Å². The third-order valence-electron chi connectivity index (χ3n) is 2.70. The summed E-state index contributed by atoms with van der Waals surface area (Å²) in [4.78, 5) is 29.0. The van der Waals surface area contributed by atoms with Crippen LogP contribution in [0.25, 0.3) is 11.2 Å². The predicted molar refractivity (Wildman–Crippen MR) is 77.9 cm³/mol. The molecule has 0 aromatic carbocycles. The van der Waals surface area contributed by atoms with Crippen molar-refractivity contribution < 1.29 is 4.79 Å². The first-order valence-corrected chi connectivity index (χ1v) is 6.80. The van der Waals surface area contributed by atoms with Gasteiger partial charge in [0, 0.05) is 12.6 Å². The van der Waals surface area contributed by atoms with Crippen molar-refractivity contribution >= 4 is 34.5 Å². The van der Waals surface area contributed by atoms with Crippen molar-refractivity contribution in [2.24, 2.45) is 0 Å². The summed E-state index contributed by atoms with van der Waals surface area (Å²) in [6.07, 6.45) is 1.53. The molecule has 0 unspecified atom stereocenters. The Balaban J connectivity index is 2.29. The number of rotatable bonds is 5. The molecule has 0 saturated carbocycles. The van der Waals surface area contributed by atoms with Crippen molar-refractivity contribution in [2.75, 3.05) is 18.0 Å². The third kappa shape index (κ3) is 3.16. The summed E-state index contributed by atoms with van der Waals surface area (Å²) < 4.78 is 0. The van der Waals surface area contributed by atoms with Gasteiger partial charge in [-0.25, -0.2) is 4.98 Å². The lowest BCUT2D eigenvalue weighted by Crippen LogP contribution is -2.40. The van der Waals surface area contributed by atoms with Crippen LogP contribution in [0.1, 0.15) is 20.8 Å².